The maximum absolute atomic E-state index is 13.3. The van der Waals surface area contributed by atoms with Crippen LogP contribution in [0.3, 0.4) is 0 Å². The Morgan fingerprint density at radius 3 is 2.81 bits per heavy atom. The number of thiophene rings is 1. The zero-order chi connectivity index (χ0) is 24.8. The summed E-state index contributed by atoms with van der Waals surface area (Å²) in [5.41, 5.74) is 5.73. The molecular formula is C28H31N5O2S. The number of benzene rings is 1. The summed E-state index contributed by atoms with van der Waals surface area (Å²) in [5, 5.41) is 5.62. The molecule has 1 saturated heterocycles. The summed E-state index contributed by atoms with van der Waals surface area (Å²) in [4.78, 5) is 39.6. The van der Waals surface area contributed by atoms with Crippen LogP contribution in [0.2, 0.25) is 0 Å². The van der Waals surface area contributed by atoms with Crippen LogP contribution in [0.5, 0.6) is 0 Å². The van der Waals surface area contributed by atoms with E-state index in [2.05, 4.69) is 57.7 Å². The van der Waals surface area contributed by atoms with E-state index in [4.69, 9.17) is 4.99 Å². The maximum Gasteiger partial charge on any atom is 0.259 e. The highest BCUT2D eigenvalue weighted by atomic mass is 32.1. The van der Waals surface area contributed by atoms with Crippen molar-refractivity contribution in [2.75, 3.05) is 25.5 Å². The average molecular weight is 502 g/mol. The van der Waals surface area contributed by atoms with Gasteiger partial charge in [0.25, 0.3) is 11.5 Å². The summed E-state index contributed by atoms with van der Waals surface area (Å²) in [6.45, 7) is 4.84. The number of aromatic nitrogens is 1. The first-order valence-corrected chi connectivity index (χ1v) is 13.6. The fourth-order valence-corrected chi connectivity index (χ4v) is 6.54. The predicted octanol–water partition coefficient (Wildman–Crippen LogP) is 4.21. The lowest BCUT2D eigenvalue weighted by Crippen LogP contribution is -2.43. The molecule has 3 aliphatic heterocycles. The monoisotopic (exact) mass is 501 g/mol. The molecule has 36 heavy (non-hydrogen) atoms. The number of hydrogen-bond acceptors (Lipinski definition) is 6. The van der Waals surface area contributed by atoms with E-state index in [0.717, 1.165) is 66.1 Å². The van der Waals surface area contributed by atoms with Crippen molar-refractivity contribution in [2.45, 2.75) is 51.2 Å². The number of carbonyl (C=O) groups excluding carboxylic acids is 1. The van der Waals surface area contributed by atoms with Crippen molar-refractivity contribution in [3.63, 3.8) is 0 Å². The van der Waals surface area contributed by atoms with E-state index < -0.39 is 0 Å². The molecule has 0 saturated carbocycles. The number of fused-ring (bicyclic) bond motifs is 2. The van der Waals surface area contributed by atoms with Gasteiger partial charge in [-0.05, 0) is 80.7 Å². The zero-order valence-corrected chi connectivity index (χ0v) is 21.5. The highest BCUT2D eigenvalue weighted by Gasteiger charge is 2.35. The van der Waals surface area contributed by atoms with E-state index >= 15 is 0 Å². The lowest BCUT2D eigenvalue weighted by atomic mass is 10.00. The molecule has 186 valence electrons. The van der Waals surface area contributed by atoms with E-state index in [0.29, 0.717) is 24.6 Å². The molecule has 0 aliphatic carbocycles. The molecule has 1 amide bonds. The van der Waals surface area contributed by atoms with Crippen molar-refractivity contribution in [3.8, 4) is 0 Å². The summed E-state index contributed by atoms with van der Waals surface area (Å²) >= 11 is 1.74. The highest BCUT2D eigenvalue weighted by Crippen LogP contribution is 2.37. The number of aromatic amines is 1. The SMILES string of the molecule is C[C@@H](Cc1cccs1)Nc1cc[nH]c(=O)c1C1=Nc2cc3c(cc2C1)C(=O)N(C1CCN(C)CC1)C3. The Balaban J connectivity index is 1.24. The molecule has 8 heteroatoms. The van der Waals surface area contributed by atoms with Crippen LogP contribution in [0.1, 0.15) is 51.7 Å². The van der Waals surface area contributed by atoms with Gasteiger partial charge in [0.1, 0.15) is 0 Å². The summed E-state index contributed by atoms with van der Waals surface area (Å²) in [5.74, 6) is 0.137. The van der Waals surface area contributed by atoms with Crippen molar-refractivity contribution in [3.05, 3.63) is 79.4 Å². The Labute approximate surface area is 214 Å². The molecule has 0 radical (unpaired) electrons. The first-order chi connectivity index (χ1) is 17.5. The number of aliphatic imine (C=N–C) groups is 1. The average Bonchev–Trinajstić information content (AvgIpc) is 3.58. The second kappa shape index (κ2) is 9.33. The first kappa shape index (κ1) is 23.2. The fraction of sp³-hybridized carbons (Fsp3) is 0.393. The van der Waals surface area contributed by atoms with Gasteiger partial charge in [0.15, 0.2) is 0 Å². The Morgan fingerprint density at radius 2 is 2.03 bits per heavy atom. The molecule has 1 aromatic carbocycles. The van der Waals surface area contributed by atoms with E-state index in [1.165, 1.54) is 4.88 Å². The minimum Gasteiger partial charge on any atom is -0.381 e. The van der Waals surface area contributed by atoms with E-state index in [9.17, 15) is 9.59 Å². The van der Waals surface area contributed by atoms with Gasteiger partial charge in [-0.25, -0.2) is 0 Å². The second-order valence-corrected chi connectivity index (χ2v) is 11.3. The van der Waals surface area contributed by atoms with E-state index in [1.807, 2.05) is 12.1 Å². The van der Waals surface area contributed by atoms with Gasteiger partial charge in [0.2, 0.25) is 0 Å². The number of carbonyl (C=O) groups is 1. The first-order valence-electron chi connectivity index (χ1n) is 12.7. The predicted molar refractivity (Wildman–Crippen MR) is 145 cm³/mol. The van der Waals surface area contributed by atoms with Crippen LogP contribution in [0, 0.1) is 0 Å². The number of piperidine rings is 1. The lowest BCUT2D eigenvalue weighted by Gasteiger charge is -2.34. The largest absolute Gasteiger partial charge is 0.381 e. The lowest BCUT2D eigenvalue weighted by molar-refractivity contribution is 0.0617. The third kappa shape index (κ3) is 4.29. The van der Waals surface area contributed by atoms with Gasteiger partial charge in [-0.1, -0.05) is 6.07 Å². The summed E-state index contributed by atoms with van der Waals surface area (Å²) in [6, 6.07) is 10.7. The molecule has 0 bridgehead atoms. The molecule has 5 heterocycles. The number of rotatable bonds is 6. The third-order valence-corrected chi connectivity index (χ3v) is 8.52. The number of nitrogens with zero attached hydrogens (tertiary/aromatic N) is 3. The van der Waals surface area contributed by atoms with Gasteiger partial charge >= 0.3 is 0 Å². The van der Waals surface area contributed by atoms with Crippen LogP contribution >= 0.6 is 11.3 Å². The number of amides is 1. The molecular weight excluding hydrogens is 470 g/mol. The standard InChI is InChI=1S/C28H31N5O2S/c1-17(12-21-4-3-11-36-21)30-23-5-8-29-27(34)26(23)25-14-18-13-22-19(15-24(18)31-25)16-33(28(22)35)20-6-9-32(2)10-7-20/h3-5,8,11,13,15,17,20H,6-7,9-10,12,14,16H2,1-2H3,(H2,29,30,34)/t17-/m0/s1. The highest BCUT2D eigenvalue weighted by molar-refractivity contribution is 7.09. The maximum atomic E-state index is 13.3. The number of nitrogens with one attached hydrogen (secondary N) is 2. The molecule has 0 spiro atoms. The Morgan fingerprint density at radius 1 is 1.19 bits per heavy atom. The molecule has 3 aliphatic rings. The number of hydrogen-bond donors (Lipinski definition) is 2. The van der Waals surface area contributed by atoms with Crippen LogP contribution < -0.4 is 10.9 Å². The fourth-order valence-electron chi connectivity index (χ4n) is 5.71. The molecule has 3 aromatic rings. The molecule has 6 rings (SSSR count). The van der Waals surface area contributed by atoms with E-state index in [1.54, 1.807) is 17.5 Å². The minimum atomic E-state index is -0.146. The van der Waals surface area contributed by atoms with Crippen LogP contribution in [0.4, 0.5) is 11.4 Å². The normalized spacial score (nSPS) is 18.8. The number of H-pyrrole nitrogens is 1. The quantitative estimate of drug-likeness (QED) is 0.530. The number of pyridine rings is 1. The second-order valence-electron chi connectivity index (χ2n) is 10.3. The molecule has 2 aromatic heterocycles. The van der Waals surface area contributed by atoms with Crippen molar-refractivity contribution in [2.24, 2.45) is 4.99 Å². The van der Waals surface area contributed by atoms with Crippen molar-refractivity contribution >= 4 is 34.3 Å². The summed E-state index contributed by atoms with van der Waals surface area (Å²) in [6.07, 6.45) is 5.16. The molecule has 1 fully saturated rings. The van der Waals surface area contributed by atoms with Crippen LogP contribution in [-0.2, 0) is 19.4 Å². The minimum absolute atomic E-state index is 0.137. The van der Waals surface area contributed by atoms with Crippen molar-refractivity contribution < 1.29 is 4.79 Å². The van der Waals surface area contributed by atoms with Crippen molar-refractivity contribution in [1.82, 2.24) is 14.8 Å². The van der Waals surface area contributed by atoms with Gasteiger partial charge in [0, 0.05) is 48.1 Å². The Hall–Kier alpha value is -3.23. The van der Waals surface area contributed by atoms with Gasteiger partial charge in [-0.3, -0.25) is 14.6 Å². The smallest absolute Gasteiger partial charge is 0.259 e. The van der Waals surface area contributed by atoms with Gasteiger partial charge in [-0.2, -0.15) is 0 Å². The van der Waals surface area contributed by atoms with Gasteiger partial charge in [-0.15, -0.1) is 11.3 Å². The van der Waals surface area contributed by atoms with Gasteiger partial charge < -0.3 is 20.1 Å². The van der Waals surface area contributed by atoms with E-state index in [-0.39, 0.29) is 17.5 Å². The number of anilines is 1. The Bertz CT molecular complexity index is 1390. The number of likely N-dealkylation sites (tertiary alicyclic amines) is 1. The molecule has 7 nitrogen and oxygen atoms in total. The molecule has 2 N–H and O–H groups in total. The van der Waals surface area contributed by atoms with Gasteiger partial charge in [0.05, 0.1) is 22.6 Å². The molecule has 1 atom stereocenters. The van der Waals surface area contributed by atoms with Crippen LogP contribution in [-0.4, -0.2) is 58.6 Å². The topological polar surface area (TPSA) is 80.8 Å². The Kier molecular flexibility index (Phi) is 6.01. The van der Waals surface area contributed by atoms with Crippen LogP contribution in [0.25, 0.3) is 0 Å². The summed E-state index contributed by atoms with van der Waals surface area (Å²) < 4.78 is 0. The van der Waals surface area contributed by atoms with Crippen LogP contribution in [0.15, 0.2) is 51.7 Å². The third-order valence-electron chi connectivity index (χ3n) is 7.62. The zero-order valence-electron chi connectivity index (χ0n) is 20.7. The molecule has 0 unspecified atom stereocenters. The van der Waals surface area contributed by atoms with Crippen molar-refractivity contribution in [1.29, 1.82) is 0 Å². The summed E-state index contributed by atoms with van der Waals surface area (Å²) in [7, 11) is 2.14.